The molecule has 4 nitrogen and oxygen atoms in total. The molecule has 0 aliphatic carbocycles. The number of thiazole rings is 1. The molecule has 1 aliphatic heterocycles. The number of piperidine rings is 1. The molecular weight excluding hydrogens is 234 g/mol. The van der Waals surface area contributed by atoms with Gasteiger partial charge in [0.25, 0.3) is 5.91 Å². The number of likely N-dealkylation sites (tertiary alicyclic amines) is 1. The van der Waals surface area contributed by atoms with Crippen LogP contribution in [0.2, 0.25) is 0 Å². The second-order valence-electron chi connectivity index (χ2n) is 4.63. The fourth-order valence-electron chi connectivity index (χ4n) is 2.48. The van der Waals surface area contributed by atoms with E-state index in [2.05, 4.69) is 11.9 Å². The molecule has 1 aromatic rings. The van der Waals surface area contributed by atoms with Crippen molar-refractivity contribution in [1.29, 1.82) is 0 Å². The summed E-state index contributed by atoms with van der Waals surface area (Å²) in [4.78, 5) is 18.6. The lowest BCUT2D eigenvalue weighted by Crippen LogP contribution is -2.51. The molecule has 2 unspecified atom stereocenters. The van der Waals surface area contributed by atoms with Crippen molar-refractivity contribution in [3.05, 3.63) is 16.1 Å². The molecule has 1 saturated heterocycles. The van der Waals surface area contributed by atoms with Crippen LogP contribution in [-0.2, 0) is 0 Å². The smallest absolute Gasteiger partial charge is 0.273 e. The average Bonchev–Trinajstić information content (AvgIpc) is 2.74. The maximum atomic E-state index is 12.4. The normalized spacial score (nSPS) is 25.0. The Labute approximate surface area is 106 Å². The van der Waals surface area contributed by atoms with E-state index < -0.39 is 0 Å². The van der Waals surface area contributed by atoms with Gasteiger partial charge in [-0.25, -0.2) is 4.98 Å². The minimum Gasteiger partial charge on any atom is -0.330 e. The van der Waals surface area contributed by atoms with E-state index in [1.54, 1.807) is 0 Å². The zero-order chi connectivity index (χ0) is 12.4. The van der Waals surface area contributed by atoms with Crippen molar-refractivity contribution in [2.75, 3.05) is 6.54 Å². The third-order valence-electron chi connectivity index (χ3n) is 3.37. The number of amides is 1. The first-order chi connectivity index (χ1) is 8.13. The highest BCUT2D eigenvalue weighted by molar-refractivity contribution is 7.09. The van der Waals surface area contributed by atoms with E-state index in [1.165, 1.54) is 11.3 Å². The van der Waals surface area contributed by atoms with Crippen molar-refractivity contribution in [2.45, 2.75) is 45.2 Å². The van der Waals surface area contributed by atoms with E-state index in [0.29, 0.717) is 12.2 Å². The zero-order valence-corrected chi connectivity index (χ0v) is 11.2. The first kappa shape index (κ1) is 12.5. The lowest BCUT2D eigenvalue weighted by atomic mass is 9.96. The summed E-state index contributed by atoms with van der Waals surface area (Å²) >= 11 is 1.52. The lowest BCUT2D eigenvalue weighted by Gasteiger charge is -2.39. The molecule has 0 saturated carbocycles. The first-order valence-electron chi connectivity index (χ1n) is 6.08. The van der Waals surface area contributed by atoms with Crippen LogP contribution in [0.25, 0.3) is 0 Å². The van der Waals surface area contributed by atoms with Gasteiger partial charge in [-0.2, -0.15) is 0 Å². The molecule has 2 rings (SSSR count). The quantitative estimate of drug-likeness (QED) is 0.874. The summed E-state index contributed by atoms with van der Waals surface area (Å²) in [5.41, 5.74) is 6.33. The van der Waals surface area contributed by atoms with E-state index in [-0.39, 0.29) is 18.0 Å². The summed E-state index contributed by atoms with van der Waals surface area (Å²) in [7, 11) is 0. The highest BCUT2D eigenvalue weighted by atomic mass is 32.1. The van der Waals surface area contributed by atoms with Gasteiger partial charge in [0.2, 0.25) is 0 Å². The van der Waals surface area contributed by atoms with Crippen LogP contribution in [0.3, 0.4) is 0 Å². The average molecular weight is 253 g/mol. The van der Waals surface area contributed by atoms with Crippen LogP contribution in [0.4, 0.5) is 0 Å². The minimum atomic E-state index is 0.0389. The van der Waals surface area contributed by atoms with Crippen molar-refractivity contribution < 1.29 is 4.79 Å². The van der Waals surface area contributed by atoms with Gasteiger partial charge in [0.15, 0.2) is 0 Å². The molecule has 2 atom stereocenters. The van der Waals surface area contributed by atoms with Gasteiger partial charge in [0.05, 0.1) is 5.01 Å². The fraction of sp³-hybridized carbons (Fsp3) is 0.667. The van der Waals surface area contributed by atoms with Gasteiger partial charge >= 0.3 is 0 Å². The van der Waals surface area contributed by atoms with Crippen LogP contribution >= 0.6 is 11.3 Å². The minimum absolute atomic E-state index is 0.0389. The van der Waals surface area contributed by atoms with Crippen molar-refractivity contribution >= 4 is 17.2 Å². The Kier molecular flexibility index (Phi) is 3.79. The van der Waals surface area contributed by atoms with Crippen LogP contribution in [0.15, 0.2) is 5.38 Å². The fourth-order valence-corrected chi connectivity index (χ4v) is 3.07. The van der Waals surface area contributed by atoms with Gasteiger partial charge in [-0.05, 0) is 33.1 Å². The van der Waals surface area contributed by atoms with E-state index >= 15 is 0 Å². The summed E-state index contributed by atoms with van der Waals surface area (Å²) in [6.07, 6.45) is 3.23. The summed E-state index contributed by atoms with van der Waals surface area (Å²) in [5, 5.41) is 2.77. The standard InChI is InChI=1S/C12H19N3OS/c1-8-4-3-5-10(6-13)15(8)12(16)11-7-17-9(2)14-11/h7-8,10H,3-6,13H2,1-2H3. The predicted molar refractivity (Wildman–Crippen MR) is 69.2 cm³/mol. The Morgan fingerprint density at radius 2 is 2.41 bits per heavy atom. The third-order valence-corrected chi connectivity index (χ3v) is 4.15. The largest absolute Gasteiger partial charge is 0.330 e. The molecular formula is C12H19N3OS. The molecule has 1 fully saturated rings. The highest BCUT2D eigenvalue weighted by Crippen LogP contribution is 2.24. The number of aromatic nitrogens is 1. The Morgan fingerprint density at radius 1 is 1.65 bits per heavy atom. The molecule has 0 radical (unpaired) electrons. The summed E-state index contributed by atoms with van der Waals surface area (Å²) in [6.45, 7) is 4.56. The molecule has 5 heteroatoms. The molecule has 1 amide bonds. The number of hydrogen-bond acceptors (Lipinski definition) is 4. The zero-order valence-electron chi connectivity index (χ0n) is 10.3. The predicted octanol–water partition coefficient (Wildman–Crippen LogP) is 1.79. The summed E-state index contributed by atoms with van der Waals surface area (Å²) in [5.74, 6) is 0.0389. The number of carbonyl (C=O) groups is 1. The van der Waals surface area contributed by atoms with Crippen LogP contribution in [0, 0.1) is 6.92 Å². The molecule has 2 heterocycles. The van der Waals surface area contributed by atoms with Gasteiger partial charge in [-0.1, -0.05) is 0 Å². The van der Waals surface area contributed by atoms with Crippen molar-refractivity contribution in [3.8, 4) is 0 Å². The van der Waals surface area contributed by atoms with Crippen LogP contribution in [0.5, 0.6) is 0 Å². The number of nitrogens with two attached hydrogens (primary N) is 1. The topological polar surface area (TPSA) is 59.2 Å². The molecule has 1 aliphatic rings. The molecule has 0 aromatic carbocycles. The lowest BCUT2D eigenvalue weighted by molar-refractivity contribution is 0.0488. The Morgan fingerprint density at radius 3 is 3.00 bits per heavy atom. The number of hydrogen-bond donors (Lipinski definition) is 1. The van der Waals surface area contributed by atoms with Crippen LogP contribution < -0.4 is 5.73 Å². The molecule has 17 heavy (non-hydrogen) atoms. The van der Waals surface area contributed by atoms with E-state index in [0.717, 1.165) is 24.3 Å². The Bertz CT molecular complexity index is 404. The van der Waals surface area contributed by atoms with Crippen LogP contribution in [0.1, 0.15) is 41.7 Å². The molecule has 94 valence electrons. The highest BCUT2D eigenvalue weighted by Gasteiger charge is 2.32. The molecule has 0 spiro atoms. The van der Waals surface area contributed by atoms with Gasteiger partial charge in [0.1, 0.15) is 5.69 Å². The SMILES string of the molecule is Cc1nc(C(=O)N2C(C)CCCC2CN)cs1. The van der Waals surface area contributed by atoms with Crippen molar-refractivity contribution in [3.63, 3.8) is 0 Å². The van der Waals surface area contributed by atoms with E-state index in [4.69, 9.17) is 5.73 Å². The van der Waals surface area contributed by atoms with E-state index in [9.17, 15) is 4.79 Å². The number of nitrogens with zero attached hydrogens (tertiary/aromatic N) is 2. The second-order valence-corrected chi connectivity index (χ2v) is 5.70. The maximum Gasteiger partial charge on any atom is 0.273 e. The van der Waals surface area contributed by atoms with Gasteiger partial charge in [-0.3, -0.25) is 4.79 Å². The summed E-state index contributed by atoms with van der Waals surface area (Å²) < 4.78 is 0. The van der Waals surface area contributed by atoms with Gasteiger partial charge < -0.3 is 10.6 Å². The Hall–Kier alpha value is -0.940. The first-order valence-corrected chi connectivity index (χ1v) is 6.96. The maximum absolute atomic E-state index is 12.4. The number of rotatable bonds is 2. The van der Waals surface area contributed by atoms with E-state index in [1.807, 2.05) is 17.2 Å². The number of aryl methyl sites for hydroxylation is 1. The van der Waals surface area contributed by atoms with Crippen molar-refractivity contribution in [1.82, 2.24) is 9.88 Å². The second kappa shape index (κ2) is 5.14. The van der Waals surface area contributed by atoms with Gasteiger partial charge in [0, 0.05) is 24.0 Å². The molecule has 0 bridgehead atoms. The Balaban J connectivity index is 2.21. The molecule has 1 aromatic heterocycles. The monoisotopic (exact) mass is 253 g/mol. The number of carbonyl (C=O) groups excluding carboxylic acids is 1. The van der Waals surface area contributed by atoms with Crippen molar-refractivity contribution in [2.24, 2.45) is 5.73 Å². The third kappa shape index (κ3) is 2.50. The van der Waals surface area contributed by atoms with Crippen LogP contribution in [-0.4, -0.2) is 34.4 Å². The van der Waals surface area contributed by atoms with Gasteiger partial charge in [-0.15, -0.1) is 11.3 Å². The molecule has 2 N–H and O–H groups in total. The summed E-state index contributed by atoms with van der Waals surface area (Å²) in [6, 6.07) is 0.445.